The molecule has 3 rings (SSSR count). The monoisotopic (exact) mass is 453 g/mol. The van der Waals surface area contributed by atoms with Crippen LogP contribution in [0.25, 0.3) is 11.4 Å². The quantitative estimate of drug-likeness (QED) is 0.615. The lowest BCUT2D eigenvalue weighted by Gasteiger charge is -2.27. The molecule has 31 heavy (non-hydrogen) atoms. The van der Waals surface area contributed by atoms with Gasteiger partial charge in [0.15, 0.2) is 0 Å². The zero-order valence-corrected chi connectivity index (χ0v) is 19.0. The van der Waals surface area contributed by atoms with Crippen LogP contribution >= 0.6 is 11.6 Å². The third-order valence-corrected chi connectivity index (χ3v) is 4.78. The molecule has 1 fully saturated rings. The molecule has 0 unspecified atom stereocenters. The number of carbonyl (C=O) groups is 2. The first-order chi connectivity index (χ1) is 14.6. The molecule has 1 aromatic heterocycles. The molecule has 0 saturated heterocycles. The molecule has 1 aromatic carbocycles. The van der Waals surface area contributed by atoms with Crippen molar-refractivity contribution in [1.82, 2.24) is 9.55 Å². The minimum Gasteiger partial charge on any atom is -0.492 e. The molecule has 1 aliphatic rings. The van der Waals surface area contributed by atoms with Gasteiger partial charge in [0.05, 0.1) is 11.6 Å². The standard InChI is InChI=1S/C18H24ClN3O.2C2H4O2/c1-2-23-17-7-6-14(11-16(17)19)18-21-8-9-22(18)12-13-4-3-5-15(20)10-13;2*1-2(3)4/h6-9,11,13,15H,2-5,10,12,20H2,1H3;2*1H3,(H,3,4)/t13-,15+;;/m0../s1. The smallest absolute Gasteiger partial charge is 0.300 e. The van der Waals surface area contributed by atoms with Crippen molar-refractivity contribution in [3.63, 3.8) is 0 Å². The number of halogens is 1. The first kappa shape index (κ1) is 26.5. The largest absolute Gasteiger partial charge is 0.492 e. The van der Waals surface area contributed by atoms with Crippen molar-refractivity contribution >= 4 is 23.5 Å². The summed E-state index contributed by atoms with van der Waals surface area (Å²) < 4.78 is 7.72. The van der Waals surface area contributed by atoms with Crippen LogP contribution in [-0.4, -0.2) is 44.4 Å². The average molecular weight is 454 g/mol. The zero-order valence-electron chi connectivity index (χ0n) is 18.3. The number of nitrogens with two attached hydrogens (primary N) is 1. The highest BCUT2D eigenvalue weighted by Gasteiger charge is 2.20. The molecule has 0 amide bonds. The molecule has 0 spiro atoms. The Labute approximate surface area is 188 Å². The van der Waals surface area contributed by atoms with Crippen LogP contribution in [-0.2, 0) is 16.1 Å². The van der Waals surface area contributed by atoms with E-state index in [2.05, 4.69) is 9.55 Å². The fourth-order valence-corrected chi connectivity index (χ4v) is 3.64. The fraction of sp³-hybridized carbons (Fsp3) is 0.500. The van der Waals surface area contributed by atoms with Crippen LogP contribution in [0.2, 0.25) is 5.02 Å². The van der Waals surface area contributed by atoms with Crippen LogP contribution in [0, 0.1) is 5.92 Å². The van der Waals surface area contributed by atoms with Crippen molar-refractivity contribution in [1.29, 1.82) is 0 Å². The lowest BCUT2D eigenvalue weighted by Crippen LogP contribution is -2.29. The minimum atomic E-state index is -0.833. The molecule has 9 heteroatoms. The summed E-state index contributed by atoms with van der Waals surface area (Å²) in [5.74, 6) is 0.633. The van der Waals surface area contributed by atoms with Gasteiger partial charge < -0.3 is 25.3 Å². The van der Waals surface area contributed by atoms with Crippen molar-refractivity contribution in [3.05, 3.63) is 35.6 Å². The van der Waals surface area contributed by atoms with Gasteiger partial charge in [-0.25, -0.2) is 4.98 Å². The van der Waals surface area contributed by atoms with Crippen LogP contribution in [0.3, 0.4) is 0 Å². The van der Waals surface area contributed by atoms with Crippen LogP contribution < -0.4 is 10.5 Å². The molecule has 0 radical (unpaired) electrons. The van der Waals surface area contributed by atoms with E-state index in [4.69, 9.17) is 41.9 Å². The van der Waals surface area contributed by atoms with Crippen molar-refractivity contribution in [2.75, 3.05) is 6.61 Å². The molecule has 1 aliphatic carbocycles. The van der Waals surface area contributed by atoms with Gasteiger partial charge in [0.1, 0.15) is 11.6 Å². The van der Waals surface area contributed by atoms with Gasteiger partial charge in [-0.1, -0.05) is 18.0 Å². The second-order valence-electron chi connectivity index (χ2n) is 7.31. The Kier molecular flexibility index (Phi) is 11.7. The van der Waals surface area contributed by atoms with E-state index in [0.29, 0.717) is 29.3 Å². The highest BCUT2D eigenvalue weighted by molar-refractivity contribution is 6.32. The minimum absolute atomic E-state index is 0.348. The number of imidazole rings is 1. The van der Waals surface area contributed by atoms with E-state index in [-0.39, 0.29) is 0 Å². The summed E-state index contributed by atoms with van der Waals surface area (Å²) in [4.78, 5) is 22.5. The van der Waals surface area contributed by atoms with Gasteiger partial charge in [-0.05, 0) is 50.3 Å². The molecule has 0 aliphatic heterocycles. The first-order valence-corrected chi connectivity index (χ1v) is 10.6. The van der Waals surface area contributed by atoms with E-state index in [0.717, 1.165) is 44.6 Å². The molecular weight excluding hydrogens is 422 g/mol. The highest BCUT2D eigenvalue weighted by atomic mass is 35.5. The number of nitrogens with zero attached hydrogens (tertiary/aromatic N) is 2. The predicted molar refractivity (Wildman–Crippen MR) is 120 cm³/mol. The number of carboxylic acids is 2. The van der Waals surface area contributed by atoms with Crippen LogP contribution in [0.4, 0.5) is 0 Å². The van der Waals surface area contributed by atoms with Gasteiger partial charge >= 0.3 is 0 Å². The maximum absolute atomic E-state index is 9.00. The maximum Gasteiger partial charge on any atom is 0.300 e. The van der Waals surface area contributed by atoms with E-state index in [9.17, 15) is 0 Å². The van der Waals surface area contributed by atoms with Crippen LogP contribution in [0.5, 0.6) is 5.75 Å². The molecule has 4 N–H and O–H groups in total. The number of carboxylic acid groups (broad SMARTS) is 2. The Balaban J connectivity index is 0.000000519. The van der Waals surface area contributed by atoms with Gasteiger partial charge in [0, 0.05) is 44.4 Å². The van der Waals surface area contributed by atoms with Gasteiger partial charge in [-0.2, -0.15) is 0 Å². The van der Waals surface area contributed by atoms with E-state index >= 15 is 0 Å². The molecule has 8 nitrogen and oxygen atoms in total. The second-order valence-corrected chi connectivity index (χ2v) is 7.72. The maximum atomic E-state index is 9.00. The summed E-state index contributed by atoms with van der Waals surface area (Å²) in [5, 5.41) is 15.5. The summed E-state index contributed by atoms with van der Waals surface area (Å²) in [6, 6.07) is 6.21. The molecule has 2 atom stereocenters. The number of aliphatic carboxylic acids is 2. The molecule has 1 saturated carbocycles. The van der Waals surface area contributed by atoms with Gasteiger partial charge in [0.25, 0.3) is 11.9 Å². The number of rotatable bonds is 5. The van der Waals surface area contributed by atoms with Gasteiger partial charge in [-0.15, -0.1) is 0 Å². The normalized spacial score (nSPS) is 17.5. The summed E-state index contributed by atoms with van der Waals surface area (Å²) in [7, 11) is 0. The Morgan fingerprint density at radius 1 is 1.26 bits per heavy atom. The second kappa shape index (κ2) is 13.7. The summed E-state index contributed by atoms with van der Waals surface area (Å²) in [5.41, 5.74) is 7.13. The van der Waals surface area contributed by atoms with E-state index in [1.807, 2.05) is 37.5 Å². The van der Waals surface area contributed by atoms with Crippen molar-refractivity contribution < 1.29 is 24.5 Å². The molecule has 1 heterocycles. The van der Waals surface area contributed by atoms with Gasteiger partial charge in [-0.3, -0.25) is 9.59 Å². The van der Waals surface area contributed by atoms with E-state index in [1.165, 1.54) is 12.8 Å². The Bertz CT molecular complexity index is 820. The third-order valence-electron chi connectivity index (χ3n) is 4.48. The van der Waals surface area contributed by atoms with Crippen molar-refractivity contribution in [2.24, 2.45) is 11.7 Å². The van der Waals surface area contributed by atoms with Crippen molar-refractivity contribution in [3.8, 4) is 17.1 Å². The van der Waals surface area contributed by atoms with Crippen LogP contribution in [0.1, 0.15) is 46.5 Å². The zero-order chi connectivity index (χ0) is 23.4. The van der Waals surface area contributed by atoms with E-state index < -0.39 is 11.9 Å². The number of benzene rings is 1. The van der Waals surface area contributed by atoms with Crippen molar-refractivity contribution in [2.45, 2.75) is 59.0 Å². The highest BCUT2D eigenvalue weighted by Crippen LogP contribution is 2.31. The average Bonchev–Trinajstić information content (AvgIpc) is 3.11. The fourth-order valence-electron chi connectivity index (χ4n) is 3.41. The first-order valence-electron chi connectivity index (χ1n) is 10.2. The van der Waals surface area contributed by atoms with Crippen LogP contribution in [0.15, 0.2) is 30.6 Å². The SMILES string of the molecule is CC(=O)O.CC(=O)O.CCOc1ccc(-c2nccn2C[C@H]2CCC[C@@H](N)C2)cc1Cl. The molecule has 2 aromatic rings. The topological polar surface area (TPSA) is 128 Å². The van der Waals surface area contributed by atoms with E-state index in [1.54, 1.807) is 0 Å². The Hall–Kier alpha value is -2.58. The predicted octanol–water partition coefficient (Wildman–Crippen LogP) is 4.30. The lowest BCUT2D eigenvalue weighted by atomic mass is 9.86. The Morgan fingerprint density at radius 2 is 1.90 bits per heavy atom. The summed E-state index contributed by atoms with van der Waals surface area (Å²) >= 11 is 6.31. The number of aromatic nitrogens is 2. The van der Waals surface area contributed by atoms with Gasteiger partial charge in [0.2, 0.25) is 0 Å². The summed E-state index contributed by atoms with van der Waals surface area (Å²) in [6.45, 7) is 5.69. The Morgan fingerprint density at radius 3 is 2.45 bits per heavy atom. The number of hydrogen-bond acceptors (Lipinski definition) is 5. The molecule has 172 valence electrons. The molecule has 0 bridgehead atoms. The molecular formula is C22H32ClN3O5. The lowest BCUT2D eigenvalue weighted by molar-refractivity contribution is -0.135. The third kappa shape index (κ3) is 10.3. The number of ether oxygens (including phenoxy) is 1. The summed E-state index contributed by atoms with van der Waals surface area (Å²) in [6.07, 6.45) is 8.62. The number of hydrogen-bond donors (Lipinski definition) is 3.